The summed E-state index contributed by atoms with van der Waals surface area (Å²) in [5.74, 6) is 0.641. The minimum Gasteiger partial charge on any atom is -0.348 e. The maximum absolute atomic E-state index is 12.3. The molecule has 0 bridgehead atoms. The van der Waals surface area contributed by atoms with E-state index in [4.69, 9.17) is 0 Å². The fourth-order valence-corrected chi connectivity index (χ4v) is 3.14. The van der Waals surface area contributed by atoms with Gasteiger partial charge >= 0.3 is 0 Å². The van der Waals surface area contributed by atoms with Crippen LogP contribution in [-0.4, -0.2) is 17.3 Å². The summed E-state index contributed by atoms with van der Waals surface area (Å²) in [6, 6.07) is 6.35. The van der Waals surface area contributed by atoms with Gasteiger partial charge in [-0.25, -0.2) is 0 Å². The summed E-state index contributed by atoms with van der Waals surface area (Å²) >= 11 is 3.48. The van der Waals surface area contributed by atoms with Crippen LogP contribution in [0.15, 0.2) is 18.2 Å². The van der Waals surface area contributed by atoms with E-state index in [1.54, 1.807) is 0 Å². The molecule has 0 heterocycles. The summed E-state index contributed by atoms with van der Waals surface area (Å²) in [5.41, 5.74) is 3.57. The van der Waals surface area contributed by atoms with Crippen molar-refractivity contribution in [1.29, 1.82) is 0 Å². The summed E-state index contributed by atoms with van der Waals surface area (Å²) < 4.78 is 0. The van der Waals surface area contributed by atoms with Crippen LogP contribution >= 0.6 is 15.9 Å². The lowest BCUT2D eigenvalue weighted by atomic mass is 10.0. The number of benzene rings is 1. The fraction of sp³-hybridized carbons (Fsp3) is 0.562. The molecular formula is C16H22BrNO. The molecule has 1 aromatic carbocycles. The molecule has 0 aliphatic heterocycles. The van der Waals surface area contributed by atoms with Crippen LogP contribution in [0.25, 0.3) is 0 Å². The lowest BCUT2D eigenvalue weighted by Gasteiger charge is -2.18. The van der Waals surface area contributed by atoms with Crippen molar-refractivity contribution in [3.63, 3.8) is 0 Å². The predicted octanol–water partition coefficient (Wildman–Crippen LogP) is 3.71. The van der Waals surface area contributed by atoms with Crippen molar-refractivity contribution in [1.82, 2.24) is 5.32 Å². The molecule has 0 fully saturated rings. The number of fused-ring (bicyclic) bond motifs is 1. The van der Waals surface area contributed by atoms with Gasteiger partial charge < -0.3 is 5.32 Å². The van der Waals surface area contributed by atoms with Gasteiger partial charge in [0.1, 0.15) is 0 Å². The normalized spacial score (nSPS) is 15.4. The van der Waals surface area contributed by atoms with Gasteiger partial charge in [-0.3, -0.25) is 4.79 Å². The Morgan fingerprint density at radius 2 is 2.05 bits per heavy atom. The zero-order chi connectivity index (χ0) is 13.8. The van der Waals surface area contributed by atoms with E-state index in [2.05, 4.69) is 47.2 Å². The van der Waals surface area contributed by atoms with Crippen LogP contribution in [0, 0.1) is 5.92 Å². The number of alkyl halides is 1. The van der Waals surface area contributed by atoms with Gasteiger partial charge in [0.25, 0.3) is 5.91 Å². The minimum absolute atomic E-state index is 0.0554. The first kappa shape index (κ1) is 14.6. The number of amides is 1. The highest BCUT2D eigenvalue weighted by atomic mass is 79.9. The summed E-state index contributed by atoms with van der Waals surface area (Å²) in [4.78, 5) is 12.3. The Hall–Kier alpha value is -0.830. The Morgan fingerprint density at radius 3 is 2.74 bits per heavy atom. The molecule has 104 valence electrons. The van der Waals surface area contributed by atoms with Crippen LogP contribution in [-0.2, 0) is 12.8 Å². The highest BCUT2D eigenvalue weighted by Gasteiger charge is 2.17. The number of carbonyl (C=O) groups excluding carboxylic acids is 1. The number of carbonyl (C=O) groups is 1. The Morgan fingerprint density at radius 1 is 1.32 bits per heavy atom. The molecule has 1 N–H and O–H groups in total. The molecule has 1 unspecified atom stereocenters. The second-order valence-electron chi connectivity index (χ2n) is 5.79. The topological polar surface area (TPSA) is 29.1 Å². The molecule has 0 saturated heterocycles. The molecule has 0 spiro atoms. The third-order valence-corrected chi connectivity index (χ3v) is 4.42. The van der Waals surface area contributed by atoms with E-state index in [-0.39, 0.29) is 11.9 Å². The Labute approximate surface area is 124 Å². The monoisotopic (exact) mass is 323 g/mol. The Kier molecular flexibility index (Phi) is 5.03. The SMILES string of the molecule is CC(C)CC(CBr)NC(=O)c1ccc2c(c1)CCC2. The second kappa shape index (κ2) is 6.56. The van der Waals surface area contributed by atoms with Crippen molar-refractivity contribution in [3.05, 3.63) is 34.9 Å². The van der Waals surface area contributed by atoms with Crippen molar-refractivity contribution in [2.24, 2.45) is 5.92 Å². The fourth-order valence-electron chi connectivity index (χ4n) is 2.71. The Bertz CT molecular complexity index is 456. The molecule has 3 heteroatoms. The van der Waals surface area contributed by atoms with Crippen LogP contribution in [0.4, 0.5) is 0 Å². The summed E-state index contributed by atoms with van der Waals surface area (Å²) in [7, 11) is 0. The quantitative estimate of drug-likeness (QED) is 0.822. The zero-order valence-corrected chi connectivity index (χ0v) is 13.3. The highest BCUT2D eigenvalue weighted by Crippen LogP contribution is 2.23. The van der Waals surface area contributed by atoms with Gasteiger partial charge in [-0.2, -0.15) is 0 Å². The Balaban J connectivity index is 2.03. The molecule has 1 aliphatic rings. The average Bonchev–Trinajstić information content (AvgIpc) is 2.84. The van der Waals surface area contributed by atoms with Crippen molar-refractivity contribution in [2.45, 2.75) is 45.6 Å². The van der Waals surface area contributed by atoms with E-state index in [1.165, 1.54) is 17.5 Å². The number of hydrogen-bond acceptors (Lipinski definition) is 1. The van der Waals surface area contributed by atoms with Crippen LogP contribution < -0.4 is 5.32 Å². The van der Waals surface area contributed by atoms with E-state index in [0.29, 0.717) is 5.92 Å². The second-order valence-corrected chi connectivity index (χ2v) is 6.44. The van der Waals surface area contributed by atoms with Crippen LogP contribution in [0.3, 0.4) is 0 Å². The van der Waals surface area contributed by atoms with Crippen LogP contribution in [0.5, 0.6) is 0 Å². The van der Waals surface area contributed by atoms with E-state index >= 15 is 0 Å². The minimum atomic E-state index is 0.0554. The first-order valence-electron chi connectivity index (χ1n) is 7.08. The lowest BCUT2D eigenvalue weighted by molar-refractivity contribution is 0.0937. The smallest absolute Gasteiger partial charge is 0.251 e. The molecule has 1 amide bonds. The van der Waals surface area contributed by atoms with Crippen molar-refractivity contribution in [2.75, 3.05) is 5.33 Å². The average molecular weight is 324 g/mol. The summed E-state index contributed by atoms with van der Waals surface area (Å²) in [5, 5.41) is 3.93. The summed E-state index contributed by atoms with van der Waals surface area (Å²) in [6.07, 6.45) is 4.50. The standard InChI is InChI=1S/C16H22BrNO/c1-11(2)8-15(10-17)18-16(19)14-7-6-12-4-3-5-13(12)9-14/h6-7,9,11,15H,3-5,8,10H2,1-2H3,(H,18,19). The molecule has 1 aromatic rings. The lowest BCUT2D eigenvalue weighted by Crippen LogP contribution is -2.37. The molecule has 0 radical (unpaired) electrons. The molecule has 0 aromatic heterocycles. The third kappa shape index (κ3) is 3.82. The van der Waals surface area contributed by atoms with Crippen LogP contribution in [0.2, 0.25) is 0 Å². The number of aryl methyl sites for hydroxylation is 2. The molecular weight excluding hydrogens is 302 g/mol. The van der Waals surface area contributed by atoms with Gasteiger partial charge in [0.05, 0.1) is 0 Å². The van der Waals surface area contributed by atoms with Gasteiger partial charge in [-0.15, -0.1) is 0 Å². The molecule has 2 nitrogen and oxygen atoms in total. The number of nitrogens with one attached hydrogen (secondary N) is 1. The van der Waals surface area contributed by atoms with E-state index in [0.717, 1.165) is 30.2 Å². The number of hydrogen-bond donors (Lipinski definition) is 1. The van der Waals surface area contributed by atoms with E-state index in [1.807, 2.05) is 6.07 Å². The maximum atomic E-state index is 12.3. The predicted molar refractivity (Wildman–Crippen MR) is 83.0 cm³/mol. The van der Waals surface area contributed by atoms with Crippen molar-refractivity contribution in [3.8, 4) is 0 Å². The maximum Gasteiger partial charge on any atom is 0.251 e. The van der Waals surface area contributed by atoms with Gasteiger partial charge in [0.2, 0.25) is 0 Å². The van der Waals surface area contributed by atoms with Crippen molar-refractivity contribution >= 4 is 21.8 Å². The molecule has 19 heavy (non-hydrogen) atoms. The van der Waals surface area contributed by atoms with Gasteiger partial charge in [0.15, 0.2) is 0 Å². The van der Waals surface area contributed by atoms with Crippen molar-refractivity contribution < 1.29 is 4.79 Å². The van der Waals surface area contributed by atoms with Gasteiger partial charge in [-0.05, 0) is 54.9 Å². The molecule has 0 saturated carbocycles. The first-order chi connectivity index (χ1) is 9.10. The number of rotatable bonds is 5. The molecule has 2 rings (SSSR count). The first-order valence-corrected chi connectivity index (χ1v) is 8.21. The molecule has 1 atom stereocenters. The largest absolute Gasteiger partial charge is 0.348 e. The van der Waals surface area contributed by atoms with Gasteiger partial charge in [0, 0.05) is 16.9 Å². The third-order valence-electron chi connectivity index (χ3n) is 3.64. The highest BCUT2D eigenvalue weighted by molar-refractivity contribution is 9.09. The summed E-state index contributed by atoms with van der Waals surface area (Å²) in [6.45, 7) is 4.36. The van der Waals surface area contributed by atoms with E-state index in [9.17, 15) is 4.79 Å². The molecule has 1 aliphatic carbocycles. The van der Waals surface area contributed by atoms with E-state index < -0.39 is 0 Å². The van der Waals surface area contributed by atoms with Gasteiger partial charge in [-0.1, -0.05) is 35.8 Å². The number of halogens is 1. The van der Waals surface area contributed by atoms with Crippen LogP contribution in [0.1, 0.15) is 48.2 Å². The zero-order valence-electron chi connectivity index (χ0n) is 11.7.